The van der Waals surface area contributed by atoms with Crippen LogP contribution in [0.5, 0.6) is 11.5 Å². The van der Waals surface area contributed by atoms with E-state index in [-0.39, 0.29) is 6.10 Å². The molecule has 1 aromatic carbocycles. The zero-order valence-corrected chi connectivity index (χ0v) is 12.4. The molecular weight excluding hydrogens is 264 g/mol. The molecule has 4 heteroatoms. The Hall–Kier alpha value is -2.49. The van der Waals surface area contributed by atoms with Crippen LogP contribution in [0.1, 0.15) is 13.8 Å². The molecular formula is C17H18N2O2. The lowest BCUT2D eigenvalue weighted by molar-refractivity contribution is 0.242. The second-order valence-corrected chi connectivity index (χ2v) is 5.12. The molecule has 0 aliphatic carbocycles. The fourth-order valence-electron chi connectivity index (χ4n) is 2.26. The number of fused-ring (bicyclic) bond motifs is 1. The molecule has 2 heterocycles. The standard InChI is InChI=1S/C17H18N2O2/c1-12(2)21-14-8-6-13(7-9-14)15-11-19-10-4-5-16(20-3)17(19)18-15/h4-12H,1-3H3. The number of benzene rings is 1. The number of ether oxygens (including phenoxy) is 2. The van der Waals surface area contributed by atoms with E-state index in [1.165, 1.54) is 0 Å². The van der Waals surface area contributed by atoms with E-state index in [4.69, 9.17) is 9.47 Å². The number of aromatic nitrogens is 2. The Bertz CT molecular complexity index is 745. The normalized spacial score (nSPS) is 11.0. The van der Waals surface area contributed by atoms with Gasteiger partial charge in [-0.1, -0.05) is 0 Å². The highest BCUT2D eigenvalue weighted by molar-refractivity contribution is 5.66. The molecule has 0 N–H and O–H groups in total. The van der Waals surface area contributed by atoms with Crippen LogP contribution in [0, 0.1) is 0 Å². The van der Waals surface area contributed by atoms with E-state index in [0.29, 0.717) is 0 Å². The summed E-state index contributed by atoms with van der Waals surface area (Å²) in [5.41, 5.74) is 2.78. The number of imidazole rings is 1. The zero-order valence-electron chi connectivity index (χ0n) is 12.4. The maximum atomic E-state index is 5.65. The average molecular weight is 282 g/mol. The maximum absolute atomic E-state index is 5.65. The first-order chi connectivity index (χ1) is 10.2. The quantitative estimate of drug-likeness (QED) is 0.730. The lowest BCUT2D eigenvalue weighted by atomic mass is 10.1. The van der Waals surface area contributed by atoms with E-state index in [0.717, 1.165) is 28.4 Å². The Kier molecular flexibility index (Phi) is 3.52. The summed E-state index contributed by atoms with van der Waals surface area (Å²) in [5, 5.41) is 0. The topological polar surface area (TPSA) is 35.8 Å². The second-order valence-electron chi connectivity index (χ2n) is 5.12. The van der Waals surface area contributed by atoms with Crippen molar-refractivity contribution in [2.75, 3.05) is 7.11 Å². The number of methoxy groups -OCH3 is 1. The molecule has 0 bridgehead atoms. The zero-order chi connectivity index (χ0) is 14.8. The molecule has 0 amide bonds. The van der Waals surface area contributed by atoms with E-state index in [1.54, 1.807) is 7.11 Å². The summed E-state index contributed by atoms with van der Waals surface area (Å²) in [7, 11) is 1.65. The Morgan fingerprint density at radius 2 is 1.86 bits per heavy atom. The van der Waals surface area contributed by atoms with Gasteiger partial charge in [0.2, 0.25) is 0 Å². The van der Waals surface area contributed by atoms with Gasteiger partial charge in [0.1, 0.15) is 5.75 Å². The predicted octanol–water partition coefficient (Wildman–Crippen LogP) is 3.80. The Labute approximate surface area is 124 Å². The first-order valence-electron chi connectivity index (χ1n) is 6.96. The Balaban J connectivity index is 1.96. The number of rotatable bonds is 4. The minimum atomic E-state index is 0.176. The van der Waals surface area contributed by atoms with E-state index >= 15 is 0 Å². The van der Waals surface area contributed by atoms with Gasteiger partial charge in [0.25, 0.3) is 0 Å². The smallest absolute Gasteiger partial charge is 0.180 e. The molecule has 2 aromatic heterocycles. The summed E-state index contributed by atoms with van der Waals surface area (Å²) < 4.78 is 13.0. The van der Waals surface area contributed by atoms with Crippen molar-refractivity contribution in [3.05, 3.63) is 48.8 Å². The van der Waals surface area contributed by atoms with E-state index in [2.05, 4.69) is 4.98 Å². The fraction of sp³-hybridized carbons (Fsp3) is 0.235. The van der Waals surface area contributed by atoms with Gasteiger partial charge in [0.05, 0.1) is 18.9 Å². The molecule has 0 aliphatic rings. The maximum Gasteiger partial charge on any atom is 0.180 e. The fourth-order valence-corrected chi connectivity index (χ4v) is 2.26. The van der Waals surface area contributed by atoms with Gasteiger partial charge in [-0.3, -0.25) is 0 Å². The summed E-state index contributed by atoms with van der Waals surface area (Å²) in [5.74, 6) is 1.64. The van der Waals surface area contributed by atoms with Crippen LogP contribution < -0.4 is 9.47 Å². The molecule has 0 aliphatic heterocycles. The number of pyridine rings is 1. The van der Waals surface area contributed by atoms with Crippen LogP contribution in [0.15, 0.2) is 48.8 Å². The molecule has 3 rings (SSSR count). The van der Waals surface area contributed by atoms with Crippen LogP contribution in [0.4, 0.5) is 0 Å². The molecule has 0 unspecified atom stereocenters. The van der Waals surface area contributed by atoms with Crippen molar-refractivity contribution in [1.82, 2.24) is 9.38 Å². The van der Waals surface area contributed by atoms with Crippen LogP contribution in [0.25, 0.3) is 16.9 Å². The molecule has 0 fully saturated rings. The van der Waals surface area contributed by atoms with Crippen molar-refractivity contribution in [2.24, 2.45) is 0 Å². The first kappa shape index (κ1) is 13.5. The molecule has 0 atom stereocenters. The third kappa shape index (κ3) is 2.70. The van der Waals surface area contributed by atoms with E-state index < -0.39 is 0 Å². The minimum absolute atomic E-state index is 0.176. The number of hydrogen-bond donors (Lipinski definition) is 0. The third-order valence-corrected chi connectivity index (χ3v) is 3.19. The highest BCUT2D eigenvalue weighted by Crippen LogP contribution is 2.25. The molecule has 0 saturated heterocycles. The van der Waals surface area contributed by atoms with Crippen molar-refractivity contribution in [2.45, 2.75) is 20.0 Å². The molecule has 0 spiro atoms. The lowest BCUT2D eigenvalue weighted by Gasteiger charge is -2.09. The van der Waals surface area contributed by atoms with Crippen LogP contribution in [0.2, 0.25) is 0 Å². The highest BCUT2D eigenvalue weighted by Gasteiger charge is 2.08. The molecule has 21 heavy (non-hydrogen) atoms. The summed E-state index contributed by atoms with van der Waals surface area (Å²) in [6.45, 7) is 4.03. The average Bonchev–Trinajstić information content (AvgIpc) is 2.91. The Morgan fingerprint density at radius 3 is 2.52 bits per heavy atom. The molecule has 4 nitrogen and oxygen atoms in total. The summed E-state index contributed by atoms with van der Waals surface area (Å²) >= 11 is 0. The SMILES string of the molecule is COc1cccn2cc(-c3ccc(OC(C)C)cc3)nc12. The van der Waals surface area contributed by atoms with Crippen LogP contribution in [-0.4, -0.2) is 22.6 Å². The van der Waals surface area contributed by atoms with Crippen molar-refractivity contribution in [1.29, 1.82) is 0 Å². The second kappa shape index (κ2) is 5.48. The molecule has 108 valence electrons. The molecule has 0 radical (unpaired) electrons. The van der Waals surface area contributed by atoms with Crippen LogP contribution in [-0.2, 0) is 0 Å². The van der Waals surface area contributed by atoms with E-state index in [1.807, 2.05) is 67.0 Å². The van der Waals surface area contributed by atoms with Gasteiger partial charge in [-0.15, -0.1) is 0 Å². The van der Waals surface area contributed by atoms with Gasteiger partial charge in [-0.25, -0.2) is 4.98 Å². The van der Waals surface area contributed by atoms with Gasteiger partial charge in [-0.05, 0) is 50.2 Å². The van der Waals surface area contributed by atoms with Gasteiger partial charge < -0.3 is 13.9 Å². The molecule has 0 saturated carbocycles. The van der Waals surface area contributed by atoms with E-state index in [9.17, 15) is 0 Å². The first-order valence-corrected chi connectivity index (χ1v) is 6.96. The number of hydrogen-bond acceptors (Lipinski definition) is 3. The summed E-state index contributed by atoms with van der Waals surface area (Å²) in [6.07, 6.45) is 4.14. The van der Waals surface area contributed by atoms with Crippen molar-refractivity contribution < 1.29 is 9.47 Å². The minimum Gasteiger partial charge on any atom is -0.493 e. The summed E-state index contributed by atoms with van der Waals surface area (Å²) in [4.78, 5) is 4.64. The predicted molar refractivity (Wildman–Crippen MR) is 82.9 cm³/mol. The highest BCUT2D eigenvalue weighted by atomic mass is 16.5. The van der Waals surface area contributed by atoms with Gasteiger partial charge in [-0.2, -0.15) is 0 Å². The summed E-state index contributed by atoms with van der Waals surface area (Å²) in [6, 6.07) is 11.8. The van der Waals surface area contributed by atoms with Crippen molar-refractivity contribution >= 4 is 5.65 Å². The van der Waals surface area contributed by atoms with Crippen molar-refractivity contribution in [3.63, 3.8) is 0 Å². The van der Waals surface area contributed by atoms with Gasteiger partial charge in [0.15, 0.2) is 11.4 Å². The monoisotopic (exact) mass is 282 g/mol. The largest absolute Gasteiger partial charge is 0.493 e. The Morgan fingerprint density at radius 1 is 1.10 bits per heavy atom. The lowest BCUT2D eigenvalue weighted by Crippen LogP contribution is -2.05. The van der Waals surface area contributed by atoms with Gasteiger partial charge in [0, 0.05) is 18.0 Å². The number of nitrogens with zero attached hydrogens (tertiary/aromatic N) is 2. The third-order valence-electron chi connectivity index (χ3n) is 3.19. The van der Waals surface area contributed by atoms with Crippen LogP contribution >= 0.6 is 0 Å². The molecule has 3 aromatic rings. The van der Waals surface area contributed by atoms with Crippen molar-refractivity contribution in [3.8, 4) is 22.8 Å². The van der Waals surface area contributed by atoms with Crippen LogP contribution in [0.3, 0.4) is 0 Å². The van der Waals surface area contributed by atoms with Gasteiger partial charge >= 0.3 is 0 Å².